The molecular weight excluding hydrogens is 180 g/mol. The van der Waals surface area contributed by atoms with Crippen molar-refractivity contribution in [2.75, 3.05) is 5.32 Å². The number of rotatable bonds is 3. The fraction of sp³-hybridized carbons (Fsp3) is 0.444. The lowest BCUT2D eigenvalue weighted by atomic mass is 10.4. The highest BCUT2D eigenvalue weighted by Gasteiger charge is 2.05. The van der Waals surface area contributed by atoms with Gasteiger partial charge in [0.1, 0.15) is 6.42 Å². The van der Waals surface area contributed by atoms with Crippen molar-refractivity contribution in [1.29, 1.82) is 5.26 Å². The third-order valence-corrected chi connectivity index (χ3v) is 1.64. The van der Waals surface area contributed by atoms with E-state index in [1.54, 1.807) is 23.0 Å². The van der Waals surface area contributed by atoms with E-state index in [0.29, 0.717) is 5.82 Å². The van der Waals surface area contributed by atoms with Crippen LogP contribution >= 0.6 is 0 Å². The molecule has 0 unspecified atom stereocenters. The van der Waals surface area contributed by atoms with Gasteiger partial charge in [-0.25, -0.2) is 0 Å². The number of amides is 1. The summed E-state index contributed by atoms with van der Waals surface area (Å²) in [4.78, 5) is 11.0. The van der Waals surface area contributed by atoms with Crippen molar-refractivity contribution in [3.8, 4) is 6.07 Å². The molecule has 0 atom stereocenters. The van der Waals surface area contributed by atoms with Gasteiger partial charge in [0.05, 0.1) is 6.07 Å². The molecule has 1 aromatic rings. The second-order valence-corrected chi connectivity index (χ2v) is 3.16. The molecule has 0 saturated heterocycles. The van der Waals surface area contributed by atoms with Crippen molar-refractivity contribution in [2.24, 2.45) is 0 Å². The molecule has 0 aliphatic carbocycles. The van der Waals surface area contributed by atoms with Gasteiger partial charge in [-0.05, 0) is 13.8 Å². The maximum absolute atomic E-state index is 11.0. The first-order chi connectivity index (χ1) is 6.63. The summed E-state index contributed by atoms with van der Waals surface area (Å²) in [6.45, 7) is 3.99. The van der Waals surface area contributed by atoms with Crippen LogP contribution < -0.4 is 5.32 Å². The van der Waals surface area contributed by atoms with Crippen LogP contribution in [-0.4, -0.2) is 15.7 Å². The number of nitrogens with zero attached hydrogens (tertiary/aromatic N) is 3. The smallest absolute Gasteiger partial charge is 0.239 e. The van der Waals surface area contributed by atoms with E-state index >= 15 is 0 Å². The first-order valence-corrected chi connectivity index (χ1v) is 4.35. The Hall–Kier alpha value is -1.83. The van der Waals surface area contributed by atoms with Crippen molar-refractivity contribution >= 4 is 11.7 Å². The first-order valence-electron chi connectivity index (χ1n) is 4.35. The molecule has 0 radical (unpaired) electrons. The minimum absolute atomic E-state index is 0.144. The van der Waals surface area contributed by atoms with Crippen LogP contribution in [0.4, 0.5) is 5.82 Å². The molecule has 0 aromatic carbocycles. The Morgan fingerprint density at radius 2 is 2.50 bits per heavy atom. The molecule has 5 nitrogen and oxygen atoms in total. The molecule has 1 heterocycles. The van der Waals surface area contributed by atoms with Gasteiger partial charge in [-0.2, -0.15) is 10.4 Å². The van der Waals surface area contributed by atoms with Gasteiger partial charge in [-0.1, -0.05) is 0 Å². The Labute approximate surface area is 82.3 Å². The monoisotopic (exact) mass is 192 g/mol. The standard InChI is InChI=1S/C9H12N4O/c1-7(2)13-6-4-8(12-13)11-9(14)3-5-10/h4,6-7H,3H2,1-2H3,(H,11,12,14). The normalized spacial score (nSPS) is 9.86. The molecule has 0 aliphatic rings. The number of nitrogens with one attached hydrogen (secondary N) is 1. The largest absolute Gasteiger partial charge is 0.308 e. The number of carbonyl (C=O) groups is 1. The highest BCUT2D eigenvalue weighted by atomic mass is 16.1. The average Bonchev–Trinajstić information content (AvgIpc) is 2.53. The Morgan fingerprint density at radius 3 is 3.00 bits per heavy atom. The Kier molecular flexibility index (Phi) is 3.24. The van der Waals surface area contributed by atoms with Crippen LogP contribution in [0.15, 0.2) is 12.3 Å². The summed E-state index contributed by atoms with van der Waals surface area (Å²) in [5.41, 5.74) is 0. The van der Waals surface area contributed by atoms with Gasteiger partial charge < -0.3 is 5.32 Å². The molecule has 1 aromatic heterocycles. The number of anilines is 1. The predicted molar refractivity (Wildman–Crippen MR) is 51.5 cm³/mol. The van der Waals surface area contributed by atoms with Crippen LogP contribution in [0.5, 0.6) is 0 Å². The first kappa shape index (κ1) is 10.3. The van der Waals surface area contributed by atoms with Crippen LogP contribution in [0.1, 0.15) is 26.3 Å². The van der Waals surface area contributed by atoms with Gasteiger partial charge in [0.15, 0.2) is 5.82 Å². The molecule has 0 spiro atoms. The maximum Gasteiger partial charge on any atom is 0.239 e. The SMILES string of the molecule is CC(C)n1ccc(NC(=O)CC#N)n1. The molecule has 1 N–H and O–H groups in total. The van der Waals surface area contributed by atoms with E-state index in [1.807, 2.05) is 13.8 Å². The molecule has 14 heavy (non-hydrogen) atoms. The minimum Gasteiger partial charge on any atom is -0.308 e. The van der Waals surface area contributed by atoms with Gasteiger partial charge in [0, 0.05) is 18.3 Å². The topological polar surface area (TPSA) is 70.7 Å². The number of carbonyl (C=O) groups excluding carboxylic acids is 1. The third kappa shape index (κ3) is 2.59. The average molecular weight is 192 g/mol. The van der Waals surface area contributed by atoms with E-state index in [2.05, 4.69) is 10.4 Å². The quantitative estimate of drug-likeness (QED) is 0.785. The fourth-order valence-electron chi connectivity index (χ4n) is 0.951. The van der Waals surface area contributed by atoms with Crippen molar-refractivity contribution < 1.29 is 4.79 Å². The lowest BCUT2D eigenvalue weighted by Crippen LogP contribution is -2.11. The van der Waals surface area contributed by atoms with E-state index in [-0.39, 0.29) is 18.4 Å². The van der Waals surface area contributed by atoms with Gasteiger partial charge in [-0.3, -0.25) is 9.48 Å². The maximum atomic E-state index is 11.0. The van der Waals surface area contributed by atoms with E-state index < -0.39 is 0 Å². The van der Waals surface area contributed by atoms with Gasteiger partial charge in [0.25, 0.3) is 0 Å². The molecule has 1 rings (SSSR count). The third-order valence-electron chi connectivity index (χ3n) is 1.64. The summed E-state index contributed by atoms with van der Waals surface area (Å²) in [6.07, 6.45) is 1.64. The number of hydrogen-bond acceptors (Lipinski definition) is 3. The van der Waals surface area contributed by atoms with Crippen LogP contribution in [0.3, 0.4) is 0 Å². The minimum atomic E-state index is -0.332. The van der Waals surface area contributed by atoms with Crippen molar-refractivity contribution in [3.63, 3.8) is 0 Å². The van der Waals surface area contributed by atoms with Crippen LogP contribution in [0.25, 0.3) is 0 Å². The number of nitriles is 1. The van der Waals surface area contributed by atoms with Gasteiger partial charge >= 0.3 is 0 Å². The van der Waals surface area contributed by atoms with Crippen LogP contribution in [0.2, 0.25) is 0 Å². The van der Waals surface area contributed by atoms with E-state index in [0.717, 1.165) is 0 Å². The van der Waals surface area contributed by atoms with Gasteiger partial charge in [-0.15, -0.1) is 0 Å². The van der Waals surface area contributed by atoms with Crippen LogP contribution in [0, 0.1) is 11.3 Å². The van der Waals surface area contributed by atoms with E-state index in [1.165, 1.54) is 0 Å². The van der Waals surface area contributed by atoms with Crippen molar-refractivity contribution in [1.82, 2.24) is 9.78 Å². The molecule has 0 fully saturated rings. The molecule has 1 amide bonds. The Balaban J connectivity index is 2.61. The second kappa shape index (κ2) is 4.42. The summed E-state index contributed by atoms with van der Waals surface area (Å²) < 4.78 is 1.74. The molecule has 5 heteroatoms. The van der Waals surface area contributed by atoms with Crippen molar-refractivity contribution in [3.05, 3.63) is 12.3 Å². The summed E-state index contributed by atoms with van der Waals surface area (Å²) in [7, 11) is 0. The van der Waals surface area contributed by atoms with E-state index in [4.69, 9.17) is 5.26 Å². The van der Waals surface area contributed by atoms with Crippen molar-refractivity contribution in [2.45, 2.75) is 26.3 Å². The number of hydrogen-bond donors (Lipinski definition) is 1. The van der Waals surface area contributed by atoms with E-state index in [9.17, 15) is 4.79 Å². The summed E-state index contributed by atoms with van der Waals surface area (Å²) in [5.74, 6) is 0.153. The lowest BCUT2D eigenvalue weighted by Gasteiger charge is -2.03. The molecular formula is C9H12N4O. The molecule has 0 saturated carbocycles. The zero-order chi connectivity index (χ0) is 10.6. The Bertz CT molecular complexity index is 361. The number of aromatic nitrogens is 2. The Morgan fingerprint density at radius 1 is 1.79 bits per heavy atom. The molecule has 0 aliphatic heterocycles. The zero-order valence-electron chi connectivity index (χ0n) is 8.19. The lowest BCUT2D eigenvalue weighted by molar-refractivity contribution is -0.115. The zero-order valence-corrected chi connectivity index (χ0v) is 8.19. The van der Waals surface area contributed by atoms with Gasteiger partial charge in [0.2, 0.25) is 5.91 Å². The predicted octanol–water partition coefficient (Wildman–Crippen LogP) is 1.32. The summed E-state index contributed by atoms with van der Waals surface area (Å²) in [5, 5.41) is 14.9. The fourth-order valence-corrected chi connectivity index (χ4v) is 0.951. The summed E-state index contributed by atoms with van der Waals surface area (Å²) in [6, 6.07) is 3.74. The highest BCUT2D eigenvalue weighted by Crippen LogP contribution is 2.07. The summed E-state index contributed by atoms with van der Waals surface area (Å²) >= 11 is 0. The van der Waals surface area contributed by atoms with Crippen LogP contribution in [-0.2, 0) is 4.79 Å². The second-order valence-electron chi connectivity index (χ2n) is 3.16. The highest BCUT2D eigenvalue weighted by molar-refractivity contribution is 5.91. The molecule has 0 bridgehead atoms. The molecule has 74 valence electrons.